The van der Waals surface area contributed by atoms with E-state index in [9.17, 15) is 0 Å². The van der Waals surface area contributed by atoms with Crippen molar-refractivity contribution in [1.29, 1.82) is 0 Å². The lowest BCUT2D eigenvalue weighted by Gasteiger charge is -1.88. The third-order valence-electron chi connectivity index (χ3n) is 2.33. The highest BCUT2D eigenvalue weighted by Gasteiger charge is 1.83. The highest BCUT2D eigenvalue weighted by molar-refractivity contribution is 14.1. The Morgan fingerprint density at radius 2 is 0.800 bits per heavy atom. The third-order valence-corrected chi connectivity index (χ3v) is 3.09. The predicted octanol–water partition coefficient (Wildman–Crippen LogP) is 4.99. The van der Waals surface area contributed by atoms with Gasteiger partial charge in [-0.25, -0.2) is 0 Å². The molecule has 0 rings (SSSR count). The van der Waals surface area contributed by atoms with Gasteiger partial charge in [-0.2, -0.15) is 0 Å². The molecule has 0 amide bonds. The Morgan fingerprint density at radius 1 is 0.450 bits per heavy atom. The molecule has 0 atom stereocenters. The molecule has 0 aliphatic rings. The third kappa shape index (κ3) is 17.7. The number of hydrogen-bond acceptors (Lipinski definition) is 0. The summed E-state index contributed by atoms with van der Waals surface area (Å²) in [5.74, 6) is 24.4. The van der Waals surface area contributed by atoms with Gasteiger partial charge in [0, 0.05) is 25.7 Å². The molecule has 0 aliphatic carbocycles. The molecule has 0 fully saturated rings. The molecule has 0 saturated carbocycles. The summed E-state index contributed by atoms with van der Waals surface area (Å²) in [6.07, 6.45) is 8.40. The molecular formula is C18H20I2. The van der Waals surface area contributed by atoms with E-state index in [1.807, 2.05) is 0 Å². The smallest absolute Gasteiger partial charge is 0.0609 e. The lowest BCUT2D eigenvalue weighted by Crippen LogP contribution is -1.74. The summed E-state index contributed by atoms with van der Waals surface area (Å²) in [5.41, 5.74) is 0. The minimum atomic E-state index is 0.929. The molecule has 106 valence electrons. The van der Waals surface area contributed by atoms with E-state index in [1.54, 1.807) is 0 Å². The predicted molar refractivity (Wildman–Crippen MR) is 106 cm³/mol. The van der Waals surface area contributed by atoms with Crippen molar-refractivity contribution in [3.63, 3.8) is 0 Å². The van der Waals surface area contributed by atoms with Gasteiger partial charge in [0.2, 0.25) is 0 Å². The standard InChI is InChI=1S/C18H20I2/c19-17-15-13-11-9-7-5-3-1-2-4-6-8-10-12-14-16-18-20/h5-12,17-18H2. The maximum Gasteiger partial charge on any atom is 0.0609 e. The molecule has 0 radical (unpaired) electrons. The van der Waals surface area contributed by atoms with Gasteiger partial charge in [-0.15, -0.1) is 11.8 Å². The van der Waals surface area contributed by atoms with Gasteiger partial charge in [0.1, 0.15) is 0 Å². The summed E-state index contributed by atoms with van der Waals surface area (Å²) in [6.45, 7) is 0. The summed E-state index contributed by atoms with van der Waals surface area (Å²) in [7, 11) is 0. The van der Waals surface area contributed by atoms with Gasteiger partial charge in [0.05, 0.1) is 8.86 Å². The topological polar surface area (TPSA) is 0 Å². The van der Waals surface area contributed by atoms with Crippen LogP contribution in [-0.2, 0) is 0 Å². The summed E-state index contributed by atoms with van der Waals surface area (Å²) >= 11 is 4.54. The first-order valence-corrected chi connectivity index (χ1v) is 9.96. The van der Waals surface area contributed by atoms with Crippen LogP contribution in [0.2, 0.25) is 0 Å². The van der Waals surface area contributed by atoms with E-state index in [0.717, 1.165) is 60.2 Å². The van der Waals surface area contributed by atoms with Gasteiger partial charge < -0.3 is 0 Å². The second-order valence-corrected chi connectivity index (χ2v) is 5.52. The SMILES string of the molecule is ICC#CCCCCC#CC#CCCCCC#CCI. The second-order valence-electron chi connectivity index (χ2n) is 3.99. The van der Waals surface area contributed by atoms with Crippen LogP contribution in [0.4, 0.5) is 0 Å². The Kier molecular flexibility index (Phi) is 18.4. The van der Waals surface area contributed by atoms with Crippen LogP contribution in [0.1, 0.15) is 51.4 Å². The van der Waals surface area contributed by atoms with Crippen molar-refractivity contribution < 1.29 is 0 Å². The average molecular weight is 490 g/mol. The normalized spacial score (nSPS) is 7.90. The summed E-state index contributed by atoms with van der Waals surface area (Å²) in [6, 6.07) is 0. The molecule has 0 N–H and O–H groups in total. The summed E-state index contributed by atoms with van der Waals surface area (Å²) in [4.78, 5) is 0. The van der Waals surface area contributed by atoms with Crippen molar-refractivity contribution >= 4 is 45.2 Å². The zero-order chi connectivity index (χ0) is 14.7. The summed E-state index contributed by atoms with van der Waals surface area (Å²) in [5, 5.41) is 0. The number of rotatable bonds is 6. The van der Waals surface area contributed by atoms with Crippen molar-refractivity contribution in [2.45, 2.75) is 51.4 Å². The molecule has 0 aromatic heterocycles. The maximum absolute atomic E-state index is 3.13. The van der Waals surface area contributed by atoms with Crippen molar-refractivity contribution in [2.24, 2.45) is 0 Å². The van der Waals surface area contributed by atoms with Gasteiger partial charge in [0.25, 0.3) is 0 Å². The van der Waals surface area contributed by atoms with Crippen LogP contribution in [0.25, 0.3) is 0 Å². The molecular weight excluding hydrogens is 470 g/mol. The number of halogens is 2. The Bertz CT molecular complexity index is 414. The first-order valence-electron chi connectivity index (χ1n) is 6.91. The molecule has 0 nitrogen and oxygen atoms in total. The Labute approximate surface area is 151 Å². The molecule has 0 saturated heterocycles. The van der Waals surface area contributed by atoms with Crippen molar-refractivity contribution in [2.75, 3.05) is 8.86 Å². The minimum absolute atomic E-state index is 0.929. The van der Waals surface area contributed by atoms with Crippen LogP contribution in [0, 0.1) is 47.4 Å². The van der Waals surface area contributed by atoms with Crippen molar-refractivity contribution in [1.82, 2.24) is 0 Å². The fourth-order valence-electron chi connectivity index (χ4n) is 1.34. The van der Waals surface area contributed by atoms with Crippen LogP contribution >= 0.6 is 45.2 Å². The average Bonchev–Trinajstić information content (AvgIpc) is 2.47. The quantitative estimate of drug-likeness (QED) is 0.213. The highest BCUT2D eigenvalue weighted by Crippen LogP contribution is 1.98. The molecule has 0 aromatic rings. The van der Waals surface area contributed by atoms with E-state index in [4.69, 9.17) is 0 Å². The molecule has 0 bridgehead atoms. The van der Waals surface area contributed by atoms with Crippen LogP contribution < -0.4 is 0 Å². The van der Waals surface area contributed by atoms with E-state index < -0.39 is 0 Å². The van der Waals surface area contributed by atoms with E-state index in [-0.39, 0.29) is 0 Å². The molecule has 0 aliphatic heterocycles. The van der Waals surface area contributed by atoms with E-state index in [1.165, 1.54) is 0 Å². The van der Waals surface area contributed by atoms with E-state index in [0.29, 0.717) is 0 Å². The maximum atomic E-state index is 3.13. The molecule has 2 heteroatoms. The first kappa shape index (κ1) is 19.7. The van der Waals surface area contributed by atoms with Crippen LogP contribution in [0.5, 0.6) is 0 Å². The van der Waals surface area contributed by atoms with Gasteiger partial charge in [-0.3, -0.25) is 0 Å². The van der Waals surface area contributed by atoms with Gasteiger partial charge >= 0.3 is 0 Å². The number of unbranched alkanes of at least 4 members (excludes halogenated alkanes) is 6. The molecule has 0 heterocycles. The van der Waals surface area contributed by atoms with Gasteiger partial charge in [-0.05, 0) is 37.5 Å². The fraction of sp³-hybridized carbons (Fsp3) is 0.556. The Hall–Kier alpha value is -0.300. The second kappa shape index (κ2) is 18.7. The zero-order valence-electron chi connectivity index (χ0n) is 11.8. The molecule has 0 unspecified atom stereocenters. The lowest BCUT2D eigenvalue weighted by atomic mass is 10.2. The fourth-order valence-corrected chi connectivity index (χ4v) is 1.88. The zero-order valence-corrected chi connectivity index (χ0v) is 16.1. The lowest BCUT2D eigenvalue weighted by molar-refractivity contribution is 0.782. The van der Waals surface area contributed by atoms with Crippen LogP contribution in [-0.4, -0.2) is 8.86 Å². The van der Waals surface area contributed by atoms with Crippen molar-refractivity contribution in [3.8, 4) is 47.4 Å². The molecule has 0 spiro atoms. The number of hydrogen-bond donors (Lipinski definition) is 0. The van der Waals surface area contributed by atoms with Crippen LogP contribution in [0.3, 0.4) is 0 Å². The Balaban J connectivity index is 3.41. The summed E-state index contributed by atoms with van der Waals surface area (Å²) < 4.78 is 1.86. The largest absolute Gasteiger partial charge is 0.103 e. The number of alkyl halides is 2. The molecule has 0 aromatic carbocycles. The van der Waals surface area contributed by atoms with Gasteiger partial charge in [0.15, 0.2) is 0 Å². The van der Waals surface area contributed by atoms with Crippen molar-refractivity contribution in [3.05, 3.63) is 0 Å². The first-order chi connectivity index (χ1) is 9.91. The Morgan fingerprint density at radius 3 is 1.15 bits per heavy atom. The van der Waals surface area contributed by atoms with E-state index in [2.05, 4.69) is 92.5 Å². The minimum Gasteiger partial charge on any atom is -0.103 e. The van der Waals surface area contributed by atoms with Crippen LogP contribution in [0.15, 0.2) is 0 Å². The van der Waals surface area contributed by atoms with E-state index >= 15 is 0 Å². The van der Waals surface area contributed by atoms with Gasteiger partial charge in [-0.1, -0.05) is 68.9 Å². The monoisotopic (exact) mass is 490 g/mol. The highest BCUT2D eigenvalue weighted by atomic mass is 127. The molecule has 20 heavy (non-hydrogen) atoms.